The van der Waals surface area contributed by atoms with Gasteiger partial charge in [0.05, 0.1) is 6.20 Å². The van der Waals surface area contributed by atoms with Crippen LogP contribution in [-0.2, 0) is 11.3 Å². The summed E-state index contributed by atoms with van der Waals surface area (Å²) in [4.78, 5) is 24.7. The van der Waals surface area contributed by atoms with Crippen LogP contribution in [0, 0.1) is 0 Å². The predicted octanol–water partition coefficient (Wildman–Crippen LogP) is -0.116. The van der Waals surface area contributed by atoms with Crippen molar-refractivity contribution < 1.29 is 9.90 Å². The van der Waals surface area contributed by atoms with E-state index >= 15 is 0 Å². The smallest absolute Gasteiger partial charge is 0.328 e. The minimum atomic E-state index is -1.03. The molecule has 0 fully saturated rings. The van der Waals surface area contributed by atoms with Gasteiger partial charge in [-0.05, 0) is 0 Å². The Hall–Kier alpha value is -1.91. The molecule has 0 unspecified atom stereocenters. The molecule has 0 radical (unpaired) electrons. The molecular formula is C8H8N2O3. The first-order valence-electron chi connectivity index (χ1n) is 3.60. The molecule has 0 amide bonds. The van der Waals surface area contributed by atoms with Gasteiger partial charge in [-0.2, -0.15) is 0 Å². The van der Waals surface area contributed by atoms with E-state index in [4.69, 9.17) is 5.11 Å². The van der Waals surface area contributed by atoms with Gasteiger partial charge in [-0.15, -0.1) is 0 Å². The van der Waals surface area contributed by atoms with Gasteiger partial charge in [-0.1, -0.05) is 6.08 Å². The first kappa shape index (κ1) is 9.18. The molecule has 0 spiro atoms. The number of aliphatic carboxylic acids is 1. The zero-order chi connectivity index (χ0) is 9.68. The molecule has 0 atom stereocenters. The first-order chi connectivity index (χ1) is 6.20. The Morgan fingerprint density at radius 2 is 2.46 bits per heavy atom. The first-order valence-corrected chi connectivity index (χ1v) is 3.60. The van der Waals surface area contributed by atoms with Crippen molar-refractivity contribution in [3.8, 4) is 0 Å². The van der Waals surface area contributed by atoms with Gasteiger partial charge in [-0.25, -0.2) is 4.79 Å². The van der Waals surface area contributed by atoms with Crippen LogP contribution in [0.1, 0.15) is 0 Å². The van der Waals surface area contributed by atoms with Crippen LogP contribution < -0.4 is 5.56 Å². The van der Waals surface area contributed by atoms with E-state index in [1.165, 1.54) is 29.2 Å². The number of hydrogen-bond acceptors (Lipinski definition) is 3. The minimum Gasteiger partial charge on any atom is -0.478 e. The molecule has 13 heavy (non-hydrogen) atoms. The lowest BCUT2D eigenvalue weighted by molar-refractivity contribution is -0.131. The van der Waals surface area contributed by atoms with Crippen LogP contribution in [0.3, 0.4) is 0 Å². The lowest BCUT2D eigenvalue weighted by Gasteiger charge is -1.97. The molecule has 68 valence electrons. The zero-order valence-electron chi connectivity index (χ0n) is 6.75. The second-order valence-corrected chi connectivity index (χ2v) is 2.31. The summed E-state index contributed by atoms with van der Waals surface area (Å²) in [7, 11) is 0. The summed E-state index contributed by atoms with van der Waals surface area (Å²) >= 11 is 0. The quantitative estimate of drug-likeness (QED) is 0.658. The van der Waals surface area contributed by atoms with Crippen LogP contribution in [-0.4, -0.2) is 20.6 Å². The van der Waals surface area contributed by atoms with E-state index in [0.717, 1.165) is 6.08 Å². The van der Waals surface area contributed by atoms with Crippen molar-refractivity contribution in [1.82, 2.24) is 9.55 Å². The Balaban J connectivity index is 2.70. The van der Waals surface area contributed by atoms with Crippen molar-refractivity contribution in [2.24, 2.45) is 0 Å². The Kier molecular flexibility index (Phi) is 2.97. The summed E-state index contributed by atoms with van der Waals surface area (Å²) in [5.74, 6) is -1.03. The third-order valence-electron chi connectivity index (χ3n) is 1.36. The number of carbonyl (C=O) groups is 1. The molecule has 1 N–H and O–H groups in total. The highest BCUT2D eigenvalue weighted by Gasteiger charge is 1.90. The van der Waals surface area contributed by atoms with Gasteiger partial charge in [0.1, 0.15) is 0 Å². The number of carboxylic acids is 1. The maximum atomic E-state index is 11.0. The summed E-state index contributed by atoms with van der Waals surface area (Å²) in [5, 5.41) is 8.27. The fourth-order valence-corrected chi connectivity index (χ4v) is 0.791. The van der Waals surface area contributed by atoms with Crippen LogP contribution in [0.25, 0.3) is 0 Å². The van der Waals surface area contributed by atoms with Gasteiger partial charge >= 0.3 is 5.97 Å². The van der Waals surface area contributed by atoms with Crippen LogP contribution in [0.2, 0.25) is 0 Å². The van der Waals surface area contributed by atoms with Gasteiger partial charge in [0.15, 0.2) is 0 Å². The Labute approximate surface area is 74.0 Å². The van der Waals surface area contributed by atoms with Gasteiger partial charge < -0.3 is 9.67 Å². The average molecular weight is 180 g/mol. The molecule has 1 heterocycles. The molecule has 1 aromatic rings. The molecule has 0 bridgehead atoms. The predicted molar refractivity (Wildman–Crippen MR) is 45.3 cm³/mol. The molecule has 0 aliphatic carbocycles. The van der Waals surface area contributed by atoms with Crippen molar-refractivity contribution in [2.45, 2.75) is 6.54 Å². The number of carboxylic acid groups (broad SMARTS) is 1. The van der Waals surface area contributed by atoms with Crippen molar-refractivity contribution >= 4 is 5.97 Å². The normalized spacial score (nSPS) is 10.5. The monoisotopic (exact) mass is 180 g/mol. The SMILES string of the molecule is O=C(O)/C=C/Cn1ccncc1=O. The van der Waals surface area contributed by atoms with Gasteiger partial charge in [0.2, 0.25) is 0 Å². The lowest BCUT2D eigenvalue weighted by Crippen LogP contribution is -2.17. The second-order valence-electron chi connectivity index (χ2n) is 2.31. The highest BCUT2D eigenvalue weighted by atomic mass is 16.4. The average Bonchev–Trinajstić information content (AvgIpc) is 2.08. The van der Waals surface area contributed by atoms with Gasteiger partial charge in [-0.3, -0.25) is 9.78 Å². The van der Waals surface area contributed by atoms with E-state index in [2.05, 4.69) is 4.98 Å². The second kappa shape index (κ2) is 4.20. The highest BCUT2D eigenvalue weighted by molar-refractivity contribution is 5.79. The zero-order valence-corrected chi connectivity index (χ0v) is 6.75. The van der Waals surface area contributed by atoms with Crippen LogP contribution in [0.15, 0.2) is 35.5 Å². The van der Waals surface area contributed by atoms with Crippen molar-refractivity contribution in [3.63, 3.8) is 0 Å². The summed E-state index contributed by atoms with van der Waals surface area (Å²) in [6.45, 7) is 0.244. The van der Waals surface area contributed by atoms with E-state index in [1.54, 1.807) is 0 Å². The number of nitrogens with zero attached hydrogens (tertiary/aromatic N) is 2. The molecule has 1 aromatic heterocycles. The molecule has 0 aromatic carbocycles. The lowest BCUT2D eigenvalue weighted by atomic mass is 10.5. The maximum absolute atomic E-state index is 11.0. The van der Waals surface area contributed by atoms with E-state index in [1.807, 2.05) is 0 Å². The Morgan fingerprint density at radius 3 is 3.08 bits per heavy atom. The number of rotatable bonds is 3. The summed E-state index contributed by atoms with van der Waals surface area (Å²) in [6.07, 6.45) is 6.52. The molecule has 5 heteroatoms. The molecule has 5 nitrogen and oxygen atoms in total. The van der Waals surface area contributed by atoms with E-state index in [-0.39, 0.29) is 12.1 Å². The molecule has 1 rings (SSSR count). The van der Waals surface area contributed by atoms with E-state index in [0.29, 0.717) is 0 Å². The molecule has 0 saturated heterocycles. The maximum Gasteiger partial charge on any atom is 0.328 e. The summed E-state index contributed by atoms with van der Waals surface area (Å²) < 4.78 is 1.35. The van der Waals surface area contributed by atoms with Gasteiger partial charge in [0, 0.05) is 25.0 Å². The Bertz CT molecular complexity index is 381. The largest absolute Gasteiger partial charge is 0.478 e. The fourth-order valence-electron chi connectivity index (χ4n) is 0.791. The van der Waals surface area contributed by atoms with Crippen LogP contribution >= 0.6 is 0 Å². The van der Waals surface area contributed by atoms with Crippen molar-refractivity contribution in [1.29, 1.82) is 0 Å². The standard InChI is InChI=1S/C8H8N2O3/c11-7-6-9-3-5-10(7)4-1-2-8(12)13/h1-3,5-6H,4H2,(H,12,13)/b2-1+. The fraction of sp³-hybridized carbons (Fsp3) is 0.125. The van der Waals surface area contributed by atoms with Crippen molar-refractivity contribution in [2.75, 3.05) is 0 Å². The summed E-state index contributed by atoms with van der Waals surface area (Å²) in [6, 6.07) is 0. The molecular weight excluding hydrogens is 172 g/mol. The Morgan fingerprint density at radius 1 is 1.69 bits per heavy atom. The molecule has 0 aliphatic rings. The third kappa shape index (κ3) is 2.90. The van der Waals surface area contributed by atoms with Crippen LogP contribution in [0.4, 0.5) is 0 Å². The van der Waals surface area contributed by atoms with Crippen molar-refractivity contribution in [3.05, 3.63) is 41.1 Å². The highest BCUT2D eigenvalue weighted by Crippen LogP contribution is 1.81. The minimum absolute atomic E-state index is 0.244. The molecule has 0 saturated carbocycles. The van der Waals surface area contributed by atoms with E-state index in [9.17, 15) is 9.59 Å². The third-order valence-corrected chi connectivity index (χ3v) is 1.36. The summed E-state index contributed by atoms with van der Waals surface area (Å²) in [5.41, 5.74) is -0.252. The number of allylic oxidation sites excluding steroid dienone is 1. The number of hydrogen-bond donors (Lipinski definition) is 1. The number of aromatic nitrogens is 2. The molecule has 0 aliphatic heterocycles. The van der Waals surface area contributed by atoms with Gasteiger partial charge in [0.25, 0.3) is 5.56 Å². The van der Waals surface area contributed by atoms with Crippen LogP contribution in [0.5, 0.6) is 0 Å². The topological polar surface area (TPSA) is 72.2 Å². The van der Waals surface area contributed by atoms with E-state index < -0.39 is 5.97 Å².